The lowest BCUT2D eigenvalue weighted by atomic mass is 9.98. The molecule has 4 heteroatoms. The predicted octanol–water partition coefficient (Wildman–Crippen LogP) is 4.94. The minimum Gasteiger partial charge on any atom is -0.384 e. The SMILES string of the molecule is Cc1cc(C)cc(C(O)c2cc(Cl)c(Br)cc2F)c1. The maximum Gasteiger partial charge on any atom is 0.130 e. The summed E-state index contributed by atoms with van der Waals surface area (Å²) in [7, 11) is 0. The zero-order valence-corrected chi connectivity index (χ0v) is 12.9. The molecule has 0 fully saturated rings. The van der Waals surface area contributed by atoms with Crippen molar-refractivity contribution in [2.45, 2.75) is 20.0 Å². The molecular weight excluding hydrogens is 331 g/mol. The van der Waals surface area contributed by atoms with Crippen LogP contribution in [0.5, 0.6) is 0 Å². The van der Waals surface area contributed by atoms with Crippen LogP contribution in [0.15, 0.2) is 34.8 Å². The third kappa shape index (κ3) is 3.16. The van der Waals surface area contributed by atoms with Crippen LogP contribution in [0.2, 0.25) is 5.02 Å². The average molecular weight is 344 g/mol. The normalized spacial score (nSPS) is 12.5. The average Bonchev–Trinajstić information content (AvgIpc) is 2.31. The first-order valence-electron chi connectivity index (χ1n) is 5.79. The van der Waals surface area contributed by atoms with E-state index in [1.54, 1.807) is 0 Å². The van der Waals surface area contributed by atoms with Crippen molar-refractivity contribution < 1.29 is 9.50 Å². The van der Waals surface area contributed by atoms with Crippen molar-refractivity contribution in [2.24, 2.45) is 0 Å². The van der Waals surface area contributed by atoms with E-state index in [9.17, 15) is 9.50 Å². The Bertz CT molecular complexity index is 608. The molecule has 2 aromatic rings. The van der Waals surface area contributed by atoms with Gasteiger partial charge in [0.15, 0.2) is 0 Å². The van der Waals surface area contributed by atoms with Gasteiger partial charge in [-0.05, 0) is 47.5 Å². The number of hydrogen-bond acceptors (Lipinski definition) is 1. The first-order chi connectivity index (χ1) is 8.88. The van der Waals surface area contributed by atoms with Gasteiger partial charge in [-0.25, -0.2) is 4.39 Å². The highest BCUT2D eigenvalue weighted by Gasteiger charge is 2.17. The third-order valence-electron chi connectivity index (χ3n) is 2.89. The third-order valence-corrected chi connectivity index (χ3v) is 4.09. The van der Waals surface area contributed by atoms with Gasteiger partial charge in [0.25, 0.3) is 0 Å². The molecule has 0 radical (unpaired) electrons. The van der Waals surface area contributed by atoms with Crippen molar-refractivity contribution in [3.05, 3.63) is 67.9 Å². The van der Waals surface area contributed by atoms with Crippen LogP contribution in [0.4, 0.5) is 4.39 Å². The van der Waals surface area contributed by atoms with E-state index in [-0.39, 0.29) is 5.56 Å². The molecule has 0 aliphatic carbocycles. The Kier molecular flexibility index (Phi) is 4.29. The van der Waals surface area contributed by atoms with Gasteiger partial charge in [0, 0.05) is 10.0 Å². The van der Waals surface area contributed by atoms with E-state index in [0.29, 0.717) is 15.1 Å². The Balaban J connectivity index is 2.49. The van der Waals surface area contributed by atoms with E-state index in [1.807, 2.05) is 32.0 Å². The molecule has 2 aromatic carbocycles. The van der Waals surface area contributed by atoms with Crippen molar-refractivity contribution in [3.8, 4) is 0 Å². The summed E-state index contributed by atoms with van der Waals surface area (Å²) in [5.41, 5.74) is 2.89. The van der Waals surface area contributed by atoms with Crippen molar-refractivity contribution in [1.29, 1.82) is 0 Å². The molecule has 0 amide bonds. The minimum absolute atomic E-state index is 0.179. The summed E-state index contributed by atoms with van der Waals surface area (Å²) >= 11 is 9.11. The summed E-state index contributed by atoms with van der Waals surface area (Å²) in [5, 5.41) is 10.7. The second-order valence-electron chi connectivity index (χ2n) is 4.61. The molecule has 0 saturated carbocycles. The van der Waals surface area contributed by atoms with Gasteiger partial charge in [-0.15, -0.1) is 0 Å². The number of halogens is 3. The van der Waals surface area contributed by atoms with Crippen LogP contribution in [-0.4, -0.2) is 5.11 Å². The maximum atomic E-state index is 13.9. The van der Waals surface area contributed by atoms with Gasteiger partial charge < -0.3 is 5.11 Å². The molecule has 0 aliphatic rings. The minimum atomic E-state index is -1.02. The Morgan fingerprint density at radius 3 is 2.26 bits per heavy atom. The maximum absolute atomic E-state index is 13.9. The number of aliphatic hydroxyl groups excluding tert-OH is 1. The van der Waals surface area contributed by atoms with Crippen molar-refractivity contribution >= 4 is 27.5 Å². The van der Waals surface area contributed by atoms with Crippen LogP contribution in [-0.2, 0) is 0 Å². The van der Waals surface area contributed by atoms with Gasteiger partial charge in [0.2, 0.25) is 0 Å². The molecule has 2 rings (SSSR count). The molecular formula is C15H13BrClFO. The predicted molar refractivity (Wildman–Crippen MR) is 79.1 cm³/mol. The van der Waals surface area contributed by atoms with Gasteiger partial charge in [0.1, 0.15) is 11.9 Å². The van der Waals surface area contributed by atoms with Crippen LogP contribution < -0.4 is 0 Å². The second-order valence-corrected chi connectivity index (χ2v) is 5.87. The number of rotatable bonds is 2. The second kappa shape index (κ2) is 5.61. The first-order valence-corrected chi connectivity index (χ1v) is 6.96. The molecule has 0 aliphatic heterocycles. The Hall–Kier alpha value is -0.900. The van der Waals surface area contributed by atoms with Crippen LogP contribution in [0.25, 0.3) is 0 Å². The number of benzene rings is 2. The van der Waals surface area contributed by atoms with Crippen LogP contribution in [0.1, 0.15) is 28.4 Å². The number of aliphatic hydroxyl groups is 1. The summed E-state index contributed by atoms with van der Waals surface area (Å²) < 4.78 is 14.4. The van der Waals surface area contributed by atoms with Crippen LogP contribution in [0, 0.1) is 19.7 Å². The van der Waals surface area contributed by atoms with E-state index in [4.69, 9.17) is 11.6 Å². The summed E-state index contributed by atoms with van der Waals surface area (Å²) in [5.74, 6) is -0.483. The van der Waals surface area contributed by atoms with Crippen LogP contribution >= 0.6 is 27.5 Å². The van der Waals surface area contributed by atoms with Gasteiger partial charge >= 0.3 is 0 Å². The van der Waals surface area contributed by atoms with Gasteiger partial charge in [0.05, 0.1) is 5.02 Å². The highest BCUT2D eigenvalue weighted by atomic mass is 79.9. The molecule has 1 nitrogen and oxygen atoms in total. The zero-order valence-electron chi connectivity index (χ0n) is 10.5. The molecule has 1 unspecified atom stereocenters. The molecule has 1 N–H and O–H groups in total. The highest BCUT2D eigenvalue weighted by Crippen LogP contribution is 2.32. The molecule has 100 valence electrons. The lowest BCUT2D eigenvalue weighted by molar-refractivity contribution is 0.215. The standard InChI is InChI=1S/C15H13BrClFO/c1-8-3-9(2)5-10(4-8)15(19)11-6-13(17)12(16)7-14(11)18/h3-7,15,19H,1-2H3. The summed E-state index contributed by atoms with van der Waals surface area (Å²) in [6, 6.07) is 8.40. The topological polar surface area (TPSA) is 20.2 Å². The number of aryl methyl sites for hydroxylation is 2. The molecule has 0 bridgehead atoms. The monoisotopic (exact) mass is 342 g/mol. The van der Waals surface area contributed by atoms with E-state index in [2.05, 4.69) is 15.9 Å². The van der Waals surface area contributed by atoms with Gasteiger partial charge in [-0.2, -0.15) is 0 Å². The van der Waals surface area contributed by atoms with Crippen molar-refractivity contribution in [1.82, 2.24) is 0 Å². The van der Waals surface area contributed by atoms with Gasteiger partial charge in [-0.1, -0.05) is 40.9 Å². The quantitative estimate of drug-likeness (QED) is 0.766. The summed E-state index contributed by atoms with van der Waals surface area (Å²) in [6.45, 7) is 3.88. The molecule has 0 heterocycles. The Morgan fingerprint density at radius 1 is 1.11 bits per heavy atom. The fraction of sp³-hybridized carbons (Fsp3) is 0.200. The molecule has 19 heavy (non-hydrogen) atoms. The van der Waals surface area contributed by atoms with Crippen molar-refractivity contribution in [3.63, 3.8) is 0 Å². The van der Waals surface area contributed by atoms with Crippen molar-refractivity contribution in [2.75, 3.05) is 0 Å². The van der Waals surface area contributed by atoms with E-state index < -0.39 is 11.9 Å². The zero-order chi connectivity index (χ0) is 14.2. The lowest BCUT2D eigenvalue weighted by Crippen LogP contribution is -2.03. The largest absolute Gasteiger partial charge is 0.384 e. The Labute approximate surface area is 125 Å². The fourth-order valence-electron chi connectivity index (χ4n) is 2.09. The molecule has 0 aromatic heterocycles. The van der Waals surface area contributed by atoms with E-state index in [0.717, 1.165) is 11.1 Å². The Morgan fingerprint density at radius 2 is 1.68 bits per heavy atom. The van der Waals surface area contributed by atoms with Gasteiger partial charge in [-0.3, -0.25) is 0 Å². The smallest absolute Gasteiger partial charge is 0.130 e. The molecule has 0 saturated heterocycles. The summed E-state index contributed by atoms with van der Waals surface area (Å²) in [4.78, 5) is 0. The highest BCUT2D eigenvalue weighted by molar-refractivity contribution is 9.10. The van der Waals surface area contributed by atoms with Crippen LogP contribution in [0.3, 0.4) is 0 Å². The molecule has 0 spiro atoms. The first kappa shape index (κ1) is 14.5. The fourth-order valence-corrected chi connectivity index (χ4v) is 2.58. The lowest BCUT2D eigenvalue weighted by Gasteiger charge is -2.15. The number of hydrogen-bond donors (Lipinski definition) is 1. The van der Waals surface area contributed by atoms with E-state index >= 15 is 0 Å². The van der Waals surface area contributed by atoms with E-state index in [1.165, 1.54) is 12.1 Å². The summed E-state index contributed by atoms with van der Waals surface area (Å²) in [6.07, 6.45) is -1.02. The molecule has 1 atom stereocenters.